The number of carbonyl (C=O) groups excluding carboxylic acids is 1. The van der Waals surface area contributed by atoms with Crippen molar-refractivity contribution < 1.29 is 49.1 Å². The normalized spacial score (nSPS) is 17.6. The van der Waals surface area contributed by atoms with E-state index in [1.165, 1.54) is 6.11 Å². The van der Waals surface area contributed by atoms with Crippen LogP contribution in [0.4, 0.5) is 0 Å². The van der Waals surface area contributed by atoms with Gasteiger partial charge in [-0.3, -0.25) is 14.4 Å². The number of hydrogen-bond donors (Lipinski definition) is 4. The number of aliphatic hydroxyl groups is 1. The molecule has 0 saturated carbocycles. The van der Waals surface area contributed by atoms with Crippen molar-refractivity contribution in [2.45, 2.75) is 51.4 Å². The Labute approximate surface area is 155 Å². The van der Waals surface area contributed by atoms with Crippen molar-refractivity contribution in [2.24, 2.45) is 5.92 Å². The predicted molar refractivity (Wildman–Crippen MR) is 87.4 cm³/mol. The third kappa shape index (κ3) is 11.1. The summed E-state index contributed by atoms with van der Waals surface area (Å²) in [7, 11) is 0. The maximum absolute atomic E-state index is 11.2. The summed E-state index contributed by atoms with van der Waals surface area (Å²) < 4.78 is 10.0. The number of carbonyl (C=O) groups is 4. The van der Waals surface area contributed by atoms with Crippen molar-refractivity contribution in [3.63, 3.8) is 0 Å². The summed E-state index contributed by atoms with van der Waals surface area (Å²) in [5.41, 5.74) is 0. The second-order valence-electron chi connectivity index (χ2n) is 5.66. The highest BCUT2D eigenvalue weighted by atomic mass is 16.8. The van der Waals surface area contributed by atoms with Gasteiger partial charge in [-0.1, -0.05) is 17.8 Å². The van der Waals surface area contributed by atoms with Crippen molar-refractivity contribution in [3.8, 4) is 23.9 Å². The number of hydrogen-bond acceptors (Lipinski definition) is 7. The van der Waals surface area contributed by atoms with Crippen LogP contribution < -0.4 is 0 Å². The minimum Gasteiger partial charge on any atom is -0.481 e. The fourth-order valence-corrected chi connectivity index (χ4v) is 1.70. The van der Waals surface area contributed by atoms with Crippen LogP contribution in [-0.4, -0.2) is 56.2 Å². The van der Waals surface area contributed by atoms with Gasteiger partial charge in [0.2, 0.25) is 11.9 Å². The van der Waals surface area contributed by atoms with Gasteiger partial charge in [0, 0.05) is 26.7 Å². The fourth-order valence-electron chi connectivity index (χ4n) is 1.70. The zero-order chi connectivity index (χ0) is 21.0. The molecule has 10 heteroatoms. The number of aliphatic carboxylic acids is 3. The minimum absolute atomic E-state index is 0.0435. The predicted octanol–water partition coefficient (Wildman–Crippen LogP) is 0.418. The first-order chi connectivity index (χ1) is 12.5. The van der Waals surface area contributed by atoms with Gasteiger partial charge in [0.15, 0.2) is 0 Å². The standard InChI is InChI=1S/C10H12O5.C7H8O5/c1-10(2)14-7(9(13)15-10)5-3-4-6-8(11)12;8-3-1-2-5(7(11)12)4-6(9)10/h7H,4,6H2,1-2H3,(H,11,12);5,8H,2,4H2,(H,9,10)(H,11,12)/t7-;5-/m01/s1. The van der Waals surface area contributed by atoms with Gasteiger partial charge in [-0.2, -0.15) is 0 Å². The second-order valence-corrected chi connectivity index (χ2v) is 5.66. The molecule has 0 aromatic rings. The van der Waals surface area contributed by atoms with E-state index in [0.717, 1.165) is 0 Å². The van der Waals surface area contributed by atoms with E-state index in [1.807, 2.05) is 0 Å². The Hall–Kier alpha value is -3.24. The van der Waals surface area contributed by atoms with Crippen LogP contribution in [0.3, 0.4) is 0 Å². The number of aliphatic hydroxyl groups excluding tert-OH is 1. The van der Waals surface area contributed by atoms with Gasteiger partial charge in [-0.25, -0.2) is 4.79 Å². The summed E-state index contributed by atoms with van der Waals surface area (Å²) in [5, 5.41) is 33.1. The lowest BCUT2D eigenvalue weighted by Crippen LogP contribution is -2.20. The molecule has 0 radical (unpaired) electrons. The molecule has 1 fully saturated rings. The van der Waals surface area contributed by atoms with Crippen LogP contribution in [0.2, 0.25) is 0 Å². The summed E-state index contributed by atoms with van der Waals surface area (Å²) in [6.07, 6.45) is 0.142. The molecule has 0 aromatic carbocycles. The number of rotatable bonds is 6. The summed E-state index contributed by atoms with van der Waals surface area (Å²) in [6, 6.07) is 0. The number of esters is 1. The lowest BCUT2D eigenvalue weighted by Gasteiger charge is -2.13. The lowest BCUT2D eigenvalue weighted by atomic mass is 10.0. The van der Waals surface area contributed by atoms with Crippen LogP contribution in [0.1, 0.15) is 39.5 Å². The number of ether oxygens (including phenoxy) is 2. The van der Waals surface area contributed by atoms with E-state index in [1.54, 1.807) is 13.8 Å². The third-order valence-electron chi connectivity index (χ3n) is 2.86. The highest BCUT2D eigenvalue weighted by Crippen LogP contribution is 2.22. The summed E-state index contributed by atoms with van der Waals surface area (Å²) >= 11 is 0. The Morgan fingerprint density at radius 3 is 2.19 bits per heavy atom. The molecule has 4 N–H and O–H groups in total. The van der Waals surface area contributed by atoms with Crippen LogP contribution in [0.15, 0.2) is 0 Å². The van der Waals surface area contributed by atoms with Crippen molar-refractivity contribution >= 4 is 23.9 Å². The number of carboxylic acids is 3. The first-order valence-electron chi connectivity index (χ1n) is 7.66. The maximum atomic E-state index is 11.2. The second kappa shape index (κ2) is 11.4. The van der Waals surface area contributed by atoms with Gasteiger partial charge in [0.1, 0.15) is 6.11 Å². The lowest BCUT2D eigenvalue weighted by molar-refractivity contribution is -0.160. The number of carboxylic acid groups (broad SMARTS) is 3. The smallest absolute Gasteiger partial charge is 0.350 e. The van der Waals surface area contributed by atoms with Crippen LogP contribution in [0, 0.1) is 29.8 Å². The van der Waals surface area contributed by atoms with Gasteiger partial charge in [0.05, 0.1) is 18.8 Å². The van der Waals surface area contributed by atoms with Crippen LogP contribution in [0.5, 0.6) is 0 Å². The van der Waals surface area contributed by atoms with Gasteiger partial charge < -0.3 is 29.9 Å². The molecule has 0 unspecified atom stereocenters. The van der Waals surface area contributed by atoms with Crippen molar-refractivity contribution in [1.82, 2.24) is 0 Å². The Morgan fingerprint density at radius 1 is 1.15 bits per heavy atom. The average molecular weight is 384 g/mol. The van der Waals surface area contributed by atoms with E-state index >= 15 is 0 Å². The summed E-state index contributed by atoms with van der Waals surface area (Å²) in [5.74, 6) is 1.35. The van der Waals surface area contributed by atoms with E-state index in [0.29, 0.717) is 0 Å². The van der Waals surface area contributed by atoms with E-state index in [9.17, 15) is 19.2 Å². The Balaban J connectivity index is 0.000000516. The molecule has 1 saturated heterocycles. The van der Waals surface area contributed by atoms with Gasteiger partial charge in [0.25, 0.3) is 0 Å². The van der Waals surface area contributed by atoms with E-state index < -0.39 is 48.1 Å². The van der Waals surface area contributed by atoms with Crippen LogP contribution in [-0.2, 0) is 28.7 Å². The largest absolute Gasteiger partial charge is 0.481 e. The highest BCUT2D eigenvalue weighted by Gasteiger charge is 2.39. The molecule has 2 atom stereocenters. The molecule has 1 aliphatic heterocycles. The fraction of sp³-hybridized carbons (Fsp3) is 0.529. The Morgan fingerprint density at radius 2 is 1.78 bits per heavy atom. The Bertz CT molecular complexity index is 686. The Kier molecular flexibility index (Phi) is 10.0. The quantitative estimate of drug-likeness (QED) is 0.372. The molecule has 1 rings (SSSR count). The molecule has 1 aliphatic rings. The van der Waals surface area contributed by atoms with Crippen LogP contribution >= 0.6 is 0 Å². The zero-order valence-electron chi connectivity index (χ0n) is 14.7. The number of cyclic esters (lactones) is 1. The van der Waals surface area contributed by atoms with E-state index in [-0.39, 0.29) is 19.3 Å². The maximum Gasteiger partial charge on any atom is 0.350 e. The van der Waals surface area contributed by atoms with Crippen LogP contribution in [0.25, 0.3) is 0 Å². The molecule has 0 bridgehead atoms. The molecule has 0 aromatic heterocycles. The molecule has 0 spiro atoms. The molecule has 148 valence electrons. The molecular formula is C17H20O10. The molecule has 10 nitrogen and oxygen atoms in total. The average Bonchev–Trinajstić information content (AvgIpc) is 2.80. The monoisotopic (exact) mass is 384 g/mol. The first kappa shape index (κ1) is 23.8. The molecule has 27 heavy (non-hydrogen) atoms. The first-order valence-corrected chi connectivity index (χ1v) is 7.66. The topological polar surface area (TPSA) is 168 Å². The van der Waals surface area contributed by atoms with Gasteiger partial charge in [-0.15, -0.1) is 0 Å². The van der Waals surface area contributed by atoms with Crippen molar-refractivity contribution in [3.05, 3.63) is 0 Å². The molecular weight excluding hydrogens is 364 g/mol. The summed E-state index contributed by atoms with van der Waals surface area (Å²) in [4.78, 5) is 41.8. The SMILES string of the molecule is CC1(C)OC(=O)[C@H](C#CCCC(=O)O)O1.O=C(O)C[C@@H](CC#CO)C(=O)O. The van der Waals surface area contributed by atoms with Crippen molar-refractivity contribution in [2.75, 3.05) is 0 Å². The van der Waals surface area contributed by atoms with Crippen molar-refractivity contribution in [1.29, 1.82) is 0 Å². The molecule has 0 aliphatic carbocycles. The molecule has 0 amide bonds. The van der Waals surface area contributed by atoms with E-state index in [2.05, 4.69) is 17.8 Å². The van der Waals surface area contributed by atoms with E-state index in [4.69, 9.17) is 29.9 Å². The third-order valence-corrected chi connectivity index (χ3v) is 2.86. The summed E-state index contributed by atoms with van der Waals surface area (Å²) in [6.45, 7) is 3.23. The van der Waals surface area contributed by atoms with Gasteiger partial charge in [-0.05, 0) is 0 Å². The minimum atomic E-state index is -1.22. The van der Waals surface area contributed by atoms with Gasteiger partial charge >= 0.3 is 23.9 Å². The molecule has 1 heterocycles. The highest BCUT2D eigenvalue weighted by molar-refractivity contribution is 5.80. The zero-order valence-corrected chi connectivity index (χ0v) is 14.7.